The summed E-state index contributed by atoms with van der Waals surface area (Å²) in [5.74, 6) is 0. The van der Waals surface area contributed by atoms with Crippen molar-refractivity contribution in [1.82, 2.24) is 9.62 Å². The smallest absolute Gasteiger partial charge is 0.132 e. The molecule has 3 rings (SSSR count). The summed E-state index contributed by atoms with van der Waals surface area (Å²) in [7, 11) is -1.35. The van der Waals surface area contributed by atoms with Crippen LogP contribution >= 0.6 is 11.8 Å². The zero-order valence-corrected chi connectivity index (χ0v) is 19.2. The Balaban J connectivity index is 1.78. The second-order valence-corrected chi connectivity index (χ2v) is 12.7. The molecule has 168 valence electrons. The fraction of sp³-hybridized carbons (Fsp3) is 0.900. The SMILES string of the molecule is CC(C)(C)[S@@](=O)N[C@@H]1C/C=C\C[C@@H](CN2CCCC2)SC2O[C@H]1C(O)[C@@H](O)[C@H]2O. The first-order chi connectivity index (χ1) is 13.7. The fourth-order valence-corrected chi connectivity index (χ4v) is 6.26. The highest BCUT2D eigenvalue weighted by molar-refractivity contribution is 8.00. The number of aliphatic hydroxyl groups excluding tert-OH is 3. The normalized spacial score (nSPS) is 41.8. The van der Waals surface area contributed by atoms with Gasteiger partial charge in [-0.3, -0.25) is 0 Å². The predicted octanol–water partition coefficient (Wildman–Crippen LogP) is 0.762. The van der Waals surface area contributed by atoms with Crippen LogP contribution in [-0.2, 0) is 15.7 Å². The van der Waals surface area contributed by atoms with Crippen LogP contribution in [0.15, 0.2) is 12.2 Å². The van der Waals surface area contributed by atoms with E-state index in [2.05, 4.69) is 15.7 Å². The lowest BCUT2D eigenvalue weighted by atomic mass is 9.93. The molecule has 0 aromatic heterocycles. The minimum Gasteiger partial charge on any atom is -0.388 e. The summed E-state index contributed by atoms with van der Waals surface area (Å²) in [6.07, 6.45) is 3.53. The Morgan fingerprint density at radius 1 is 1.10 bits per heavy atom. The summed E-state index contributed by atoms with van der Waals surface area (Å²) in [6, 6.07) is -0.429. The predicted molar refractivity (Wildman–Crippen MR) is 117 cm³/mol. The molecule has 0 spiro atoms. The first-order valence-electron chi connectivity index (χ1n) is 10.6. The minimum absolute atomic E-state index is 0.236. The summed E-state index contributed by atoms with van der Waals surface area (Å²) < 4.78 is 21.4. The van der Waals surface area contributed by atoms with Crippen LogP contribution in [0.2, 0.25) is 0 Å². The van der Waals surface area contributed by atoms with Crippen LogP contribution in [0.5, 0.6) is 0 Å². The summed E-state index contributed by atoms with van der Waals surface area (Å²) in [5.41, 5.74) is -0.634. The lowest BCUT2D eigenvalue weighted by Gasteiger charge is -2.44. The second-order valence-electron chi connectivity index (χ2n) is 9.25. The van der Waals surface area contributed by atoms with Crippen molar-refractivity contribution in [3.8, 4) is 0 Å². The zero-order chi connectivity index (χ0) is 21.2. The molecule has 3 aliphatic rings. The Hall–Kier alpha value is -0.0000000000000000971. The van der Waals surface area contributed by atoms with Crippen molar-refractivity contribution in [3.05, 3.63) is 12.2 Å². The zero-order valence-electron chi connectivity index (χ0n) is 17.6. The Morgan fingerprint density at radius 3 is 2.41 bits per heavy atom. The van der Waals surface area contributed by atoms with Gasteiger partial charge in [-0.15, -0.1) is 11.8 Å². The molecule has 0 saturated carbocycles. The van der Waals surface area contributed by atoms with Crippen LogP contribution in [0.3, 0.4) is 0 Å². The maximum Gasteiger partial charge on any atom is 0.132 e. The maximum absolute atomic E-state index is 12.7. The van der Waals surface area contributed by atoms with Gasteiger partial charge < -0.3 is 25.0 Å². The monoisotopic (exact) mass is 448 g/mol. The Kier molecular flexibility index (Phi) is 8.22. The minimum atomic E-state index is -1.35. The highest BCUT2D eigenvalue weighted by atomic mass is 32.2. The van der Waals surface area contributed by atoms with Crippen molar-refractivity contribution in [2.45, 2.75) is 92.3 Å². The molecule has 2 fully saturated rings. The highest BCUT2D eigenvalue weighted by Gasteiger charge is 2.48. The number of allylic oxidation sites excluding steroid dienone is 1. The Bertz CT molecular complexity index is 594. The first-order valence-corrected chi connectivity index (χ1v) is 12.7. The lowest BCUT2D eigenvalue weighted by Crippen LogP contribution is -2.63. The molecule has 2 bridgehead atoms. The molecule has 29 heavy (non-hydrogen) atoms. The van der Waals surface area contributed by atoms with E-state index in [4.69, 9.17) is 4.74 Å². The van der Waals surface area contributed by atoms with Gasteiger partial charge in [-0.2, -0.15) is 0 Å². The fourth-order valence-electron chi connectivity index (χ4n) is 3.99. The van der Waals surface area contributed by atoms with Crippen molar-refractivity contribution in [1.29, 1.82) is 0 Å². The lowest BCUT2D eigenvalue weighted by molar-refractivity contribution is -0.203. The number of hydrogen-bond acceptors (Lipinski definition) is 7. The molecule has 4 N–H and O–H groups in total. The van der Waals surface area contributed by atoms with Crippen LogP contribution in [0.1, 0.15) is 46.5 Å². The molecule has 0 radical (unpaired) electrons. The molecule has 9 heteroatoms. The molecule has 8 atom stereocenters. The van der Waals surface area contributed by atoms with E-state index in [0.29, 0.717) is 6.42 Å². The van der Waals surface area contributed by atoms with E-state index in [1.807, 2.05) is 26.8 Å². The van der Waals surface area contributed by atoms with Gasteiger partial charge >= 0.3 is 0 Å². The highest BCUT2D eigenvalue weighted by Crippen LogP contribution is 2.35. The van der Waals surface area contributed by atoms with Crippen LogP contribution < -0.4 is 4.72 Å². The van der Waals surface area contributed by atoms with E-state index < -0.39 is 51.6 Å². The summed E-state index contributed by atoms with van der Waals surface area (Å²) in [5, 5.41) is 31.9. The van der Waals surface area contributed by atoms with Gasteiger partial charge in [0.15, 0.2) is 0 Å². The van der Waals surface area contributed by atoms with Gasteiger partial charge in [-0.05, 0) is 59.5 Å². The number of likely N-dealkylation sites (tertiary alicyclic amines) is 1. The second kappa shape index (κ2) is 10.1. The number of fused-ring (bicyclic) bond motifs is 2. The molecular formula is C20H36N2O5S2. The standard InChI is InChI=1S/C20H36N2O5S2/c1-20(2,3)29(26)21-14-9-5-4-8-13(12-22-10-6-7-11-22)28-19-17(25)15(23)16(24)18(14)27-19/h4-5,13-19,21,23-25H,6-12H2,1-3H3/b5-4-/t13-,14+,15+,16?,17+,18+,19?,29+/m0/s1. The van der Waals surface area contributed by atoms with Crippen molar-refractivity contribution in [3.63, 3.8) is 0 Å². The third-order valence-electron chi connectivity index (χ3n) is 5.76. The van der Waals surface area contributed by atoms with Gasteiger partial charge in [0.05, 0.1) is 21.8 Å². The molecule has 3 aliphatic heterocycles. The van der Waals surface area contributed by atoms with Gasteiger partial charge in [0.1, 0.15) is 29.9 Å². The van der Waals surface area contributed by atoms with E-state index in [1.54, 1.807) is 0 Å². The van der Waals surface area contributed by atoms with Gasteiger partial charge in [-0.1, -0.05) is 12.2 Å². The van der Waals surface area contributed by atoms with Gasteiger partial charge in [0.25, 0.3) is 0 Å². The molecule has 2 unspecified atom stereocenters. The topological polar surface area (TPSA) is 102 Å². The number of nitrogens with zero attached hydrogens (tertiary/aromatic N) is 1. The third-order valence-corrected chi connectivity index (χ3v) is 8.77. The molecular weight excluding hydrogens is 412 g/mol. The number of nitrogens with one attached hydrogen (secondary N) is 1. The van der Waals surface area contributed by atoms with Crippen LogP contribution in [0.4, 0.5) is 0 Å². The van der Waals surface area contributed by atoms with Crippen molar-refractivity contribution < 1.29 is 24.3 Å². The molecule has 3 heterocycles. The van der Waals surface area contributed by atoms with Crippen LogP contribution in [0, 0.1) is 0 Å². The van der Waals surface area contributed by atoms with Crippen molar-refractivity contribution >= 4 is 22.7 Å². The number of thioether (sulfide) groups is 1. The Morgan fingerprint density at radius 2 is 1.76 bits per heavy atom. The van der Waals surface area contributed by atoms with E-state index in [-0.39, 0.29) is 5.25 Å². The summed E-state index contributed by atoms with van der Waals surface area (Å²) in [6.45, 7) is 8.76. The van der Waals surface area contributed by atoms with E-state index in [1.165, 1.54) is 24.6 Å². The van der Waals surface area contributed by atoms with Gasteiger partial charge in [0.2, 0.25) is 0 Å². The molecule has 7 nitrogen and oxygen atoms in total. The van der Waals surface area contributed by atoms with Gasteiger partial charge in [0, 0.05) is 11.8 Å². The van der Waals surface area contributed by atoms with Crippen molar-refractivity contribution in [2.24, 2.45) is 0 Å². The Labute approximate surface area is 180 Å². The summed E-state index contributed by atoms with van der Waals surface area (Å²) >= 11 is 1.53. The van der Waals surface area contributed by atoms with E-state index >= 15 is 0 Å². The number of hydrogen-bond donors (Lipinski definition) is 4. The number of rotatable bonds is 4. The van der Waals surface area contributed by atoms with Gasteiger partial charge in [-0.25, -0.2) is 8.93 Å². The number of aliphatic hydroxyl groups is 3. The largest absolute Gasteiger partial charge is 0.388 e. The molecule has 0 amide bonds. The average molecular weight is 449 g/mol. The van der Waals surface area contributed by atoms with Crippen LogP contribution in [0.25, 0.3) is 0 Å². The molecule has 0 aromatic carbocycles. The maximum atomic E-state index is 12.7. The average Bonchev–Trinajstić information content (AvgIpc) is 3.16. The van der Waals surface area contributed by atoms with Crippen molar-refractivity contribution in [2.75, 3.05) is 19.6 Å². The van der Waals surface area contributed by atoms with Crippen LogP contribution in [-0.4, -0.2) is 90.0 Å². The molecule has 0 aromatic rings. The van der Waals surface area contributed by atoms with E-state index in [0.717, 1.165) is 26.1 Å². The molecule has 0 aliphatic carbocycles. The first kappa shape index (κ1) is 23.7. The quantitative estimate of drug-likeness (QED) is 0.471. The third kappa shape index (κ3) is 6.04. The summed E-state index contributed by atoms with van der Waals surface area (Å²) in [4.78, 5) is 2.44. The molecule has 2 saturated heterocycles. The van der Waals surface area contributed by atoms with E-state index in [9.17, 15) is 19.5 Å². The number of ether oxygens (including phenoxy) is 1.